The average molecular weight is 280 g/mol. The minimum absolute atomic E-state index is 0.0705. The second-order valence-corrected chi connectivity index (χ2v) is 5.81. The maximum absolute atomic E-state index is 11.8. The van der Waals surface area contributed by atoms with Crippen LogP contribution in [0.2, 0.25) is 0 Å². The summed E-state index contributed by atoms with van der Waals surface area (Å²) in [6.07, 6.45) is 9.26. The van der Waals surface area contributed by atoms with E-state index in [1.165, 1.54) is 0 Å². The molecule has 2 rings (SSSR count). The fourth-order valence-electron chi connectivity index (χ4n) is 2.76. The van der Waals surface area contributed by atoms with Crippen LogP contribution >= 0.6 is 0 Å². The van der Waals surface area contributed by atoms with E-state index in [1.54, 1.807) is 12.5 Å². The number of carbonyl (C=O) groups excluding carboxylic acids is 1. The molecule has 6 heteroatoms. The first-order chi connectivity index (χ1) is 9.64. The summed E-state index contributed by atoms with van der Waals surface area (Å²) in [5.41, 5.74) is -0.172. The van der Waals surface area contributed by atoms with E-state index >= 15 is 0 Å². The molecule has 112 valence electrons. The predicted octanol–water partition coefficient (Wildman–Crippen LogP) is 1.12. The molecule has 0 radical (unpaired) electrons. The number of amides is 2. The van der Waals surface area contributed by atoms with Gasteiger partial charge in [0.05, 0.1) is 12.9 Å². The van der Waals surface area contributed by atoms with E-state index in [1.807, 2.05) is 17.7 Å². The molecule has 0 saturated heterocycles. The van der Waals surface area contributed by atoms with Crippen molar-refractivity contribution in [3.63, 3.8) is 0 Å². The molecule has 2 atom stereocenters. The lowest BCUT2D eigenvalue weighted by molar-refractivity contribution is 0.121. The minimum Gasteiger partial charge on any atom is -0.396 e. The van der Waals surface area contributed by atoms with Crippen molar-refractivity contribution in [2.75, 3.05) is 13.2 Å². The number of carbonyl (C=O) groups is 1. The monoisotopic (exact) mass is 280 g/mol. The zero-order valence-corrected chi connectivity index (χ0v) is 12.0. The number of aromatic nitrogens is 2. The van der Waals surface area contributed by atoms with Crippen LogP contribution in [-0.4, -0.2) is 39.9 Å². The number of aliphatic hydroxyl groups is 1. The van der Waals surface area contributed by atoms with Gasteiger partial charge in [-0.25, -0.2) is 9.78 Å². The molecule has 2 amide bonds. The van der Waals surface area contributed by atoms with Crippen molar-refractivity contribution in [3.8, 4) is 0 Å². The van der Waals surface area contributed by atoms with Crippen LogP contribution in [0.3, 0.4) is 0 Å². The van der Waals surface area contributed by atoms with E-state index in [2.05, 4.69) is 15.6 Å². The highest BCUT2D eigenvalue weighted by molar-refractivity contribution is 5.74. The van der Waals surface area contributed by atoms with Gasteiger partial charge in [-0.15, -0.1) is 0 Å². The minimum atomic E-state index is -0.172. The lowest BCUT2D eigenvalue weighted by Crippen LogP contribution is -2.48. The number of hydrogen-bond acceptors (Lipinski definition) is 3. The van der Waals surface area contributed by atoms with E-state index in [9.17, 15) is 9.90 Å². The molecule has 1 aromatic heterocycles. The van der Waals surface area contributed by atoms with Gasteiger partial charge in [-0.05, 0) is 19.3 Å². The molecule has 0 spiro atoms. The normalized spacial score (nSPS) is 25.6. The molecule has 1 aromatic rings. The van der Waals surface area contributed by atoms with E-state index in [4.69, 9.17) is 0 Å². The number of imidazole rings is 1. The van der Waals surface area contributed by atoms with Crippen molar-refractivity contribution in [2.45, 2.75) is 45.2 Å². The molecule has 20 heavy (non-hydrogen) atoms. The second kappa shape index (κ2) is 6.74. The first-order valence-corrected chi connectivity index (χ1v) is 7.25. The third kappa shape index (κ3) is 3.72. The lowest BCUT2D eigenvalue weighted by atomic mass is 9.86. The van der Waals surface area contributed by atoms with E-state index in [-0.39, 0.29) is 24.1 Å². The molecule has 6 nitrogen and oxygen atoms in total. The maximum Gasteiger partial charge on any atom is 0.315 e. The summed E-state index contributed by atoms with van der Waals surface area (Å²) in [7, 11) is 0. The number of rotatable bonds is 6. The molecule has 0 bridgehead atoms. The van der Waals surface area contributed by atoms with Crippen LogP contribution in [0, 0.1) is 5.41 Å². The summed E-state index contributed by atoms with van der Waals surface area (Å²) in [6, 6.07) is -0.0663. The van der Waals surface area contributed by atoms with Crippen LogP contribution in [0.1, 0.15) is 32.6 Å². The maximum atomic E-state index is 11.8. The number of nitrogens with zero attached hydrogens (tertiary/aromatic N) is 2. The van der Waals surface area contributed by atoms with E-state index in [0.717, 1.165) is 32.2 Å². The number of aliphatic hydroxyl groups excluding tert-OH is 1. The fourth-order valence-corrected chi connectivity index (χ4v) is 2.76. The van der Waals surface area contributed by atoms with E-state index in [0.29, 0.717) is 6.54 Å². The van der Waals surface area contributed by atoms with Crippen molar-refractivity contribution in [1.29, 1.82) is 0 Å². The highest BCUT2D eigenvalue weighted by Crippen LogP contribution is 2.37. The van der Waals surface area contributed by atoms with Crippen LogP contribution in [0.15, 0.2) is 18.7 Å². The Kier molecular flexibility index (Phi) is 5.00. The van der Waals surface area contributed by atoms with Crippen LogP contribution in [0.5, 0.6) is 0 Å². The van der Waals surface area contributed by atoms with Crippen LogP contribution < -0.4 is 10.6 Å². The largest absolute Gasteiger partial charge is 0.396 e. The topological polar surface area (TPSA) is 79.2 Å². The molecule has 3 N–H and O–H groups in total. The Labute approximate surface area is 119 Å². The molecule has 1 fully saturated rings. The van der Waals surface area contributed by atoms with Crippen LogP contribution in [0.4, 0.5) is 4.79 Å². The molecule has 1 aliphatic carbocycles. The third-order valence-corrected chi connectivity index (χ3v) is 4.19. The average Bonchev–Trinajstić information content (AvgIpc) is 3.06. The third-order valence-electron chi connectivity index (χ3n) is 4.19. The predicted molar refractivity (Wildman–Crippen MR) is 76.2 cm³/mol. The van der Waals surface area contributed by atoms with Gasteiger partial charge in [-0.3, -0.25) is 0 Å². The standard InChI is InChI=1S/C14H24N4O2/c1-14(10-19)5-2-4-12(14)17-13(20)16-6-3-8-18-9-7-15-11-18/h7,9,11-12,19H,2-6,8,10H2,1H3,(H2,16,17,20). The Morgan fingerprint density at radius 1 is 1.60 bits per heavy atom. The quantitative estimate of drug-likeness (QED) is 0.683. The van der Waals surface area contributed by atoms with Crippen molar-refractivity contribution in [1.82, 2.24) is 20.2 Å². The van der Waals surface area contributed by atoms with Gasteiger partial charge in [0.15, 0.2) is 0 Å². The molecule has 0 aliphatic heterocycles. The molecular weight excluding hydrogens is 256 g/mol. The Morgan fingerprint density at radius 3 is 3.15 bits per heavy atom. The van der Waals surface area contributed by atoms with Gasteiger partial charge < -0.3 is 20.3 Å². The molecule has 2 unspecified atom stereocenters. The van der Waals surface area contributed by atoms with Crippen molar-refractivity contribution < 1.29 is 9.90 Å². The summed E-state index contributed by atoms with van der Waals surface area (Å²) < 4.78 is 1.99. The number of aryl methyl sites for hydroxylation is 1. The first kappa shape index (κ1) is 14.8. The number of nitrogens with one attached hydrogen (secondary N) is 2. The van der Waals surface area contributed by atoms with Gasteiger partial charge in [-0.1, -0.05) is 13.3 Å². The number of urea groups is 1. The van der Waals surface area contributed by atoms with Crippen molar-refractivity contribution in [2.24, 2.45) is 5.41 Å². The van der Waals surface area contributed by atoms with Gasteiger partial charge in [-0.2, -0.15) is 0 Å². The van der Waals surface area contributed by atoms with Crippen LogP contribution in [-0.2, 0) is 6.54 Å². The van der Waals surface area contributed by atoms with Gasteiger partial charge in [0, 0.05) is 36.9 Å². The summed E-state index contributed by atoms with van der Waals surface area (Å²) in [5.74, 6) is 0. The fraction of sp³-hybridized carbons (Fsp3) is 0.714. The molecular formula is C14H24N4O2. The second-order valence-electron chi connectivity index (χ2n) is 5.81. The van der Waals surface area contributed by atoms with Gasteiger partial charge >= 0.3 is 6.03 Å². The SMILES string of the molecule is CC1(CO)CCCC1NC(=O)NCCCn1ccnc1. The Morgan fingerprint density at radius 2 is 2.45 bits per heavy atom. The van der Waals surface area contributed by atoms with Crippen molar-refractivity contribution in [3.05, 3.63) is 18.7 Å². The summed E-state index contributed by atoms with van der Waals surface area (Å²) in [4.78, 5) is 15.8. The molecule has 1 saturated carbocycles. The van der Waals surface area contributed by atoms with Gasteiger partial charge in [0.2, 0.25) is 0 Å². The Bertz CT molecular complexity index is 421. The van der Waals surface area contributed by atoms with Gasteiger partial charge in [0.1, 0.15) is 0 Å². The molecule has 1 heterocycles. The zero-order chi connectivity index (χ0) is 14.4. The summed E-state index contributed by atoms with van der Waals surface area (Å²) in [6.45, 7) is 3.63. The van der Waals surface area contributed by atoms with E-state index < -0.39 is 0 Å². The highest BCUT2D eigenvalue weighted by atomic mass is 16.3. The highest BCUT2D eigenvalue weighted by Gasteiger charge is 2.38. The smallest absolute Gasteiger partial charge is 0.315 e. The summed E-state index contributed by atoms with van der Waals surface area (Å²) in [5, 5.41) is 15.3. The van der Waals surface area contributed by atoms with Crippen LogP contribution in [0.25, 0.3) is 0 Å². The molecule has 0 aromatic carbocycles. The van der Waals surface area contributed by atoms with Crippen molar-refractivity contribution >= 4 is 6.03 Å². The lowest BCUT2D eigenvalue weighted by Gasteiger charge is -2.30. The number of hydrogen-bond donors (Lipinski definition) is 3. The summed E-state index contributed by atoms with van der Waals surface area (Å²) >= 11 is 0. The molecule has 1 aliphatic rings. The Balaban J connectivity index is 1.65. The first-order valence-electron chi connectivity index (χ1n) is 7.25. The van der Waals surface area contributed by atoms with Gasteiger partial charge in [0.25, 0.3) is 0 Å². The zero-order valence-electron chi connectivity index (χ0n) is 12.0. The Hall–Kier alpha value is -1.56.